The van der Waals surface area contributed by atoms with E-state index in [1.165, 1.54) is 0 Å². The molecule has 0 radical (unpaired) electrons. The van der Waals surface area contributed by atoms with Crippen LogP contribution in [0.15, 0.2) is 84.3 Å². The number of amides is 2. The predicted octanol–water partition coefficient (Wildman–Crippen LogP) is 5.73. The number of alkyl halides is 3. The van der Waals surface area contributed by atoms with Gasteiger partial charge in [0, 0.05) is 37.4 Å². The molecule has 6 rings (SSSR count). The zero-order valence-corrected chi connectivity index (χ0v) is 28.4. The SMILES string of the molecule is C[C@H]1[C@@H](CSc2nncn2C)O[C@@H](c2ccc(-c3ccccc3CNC(=O)[C@@H]3CCCN3C(=O)C(F)(F)F)cc2)O[C@H]1c1ccc(CO)cc1. The fourth-order valence-electron chi connectivity index (χ4n) is 6.39. The number of hydrogen-bond donors (Lipinski definition) is 2. The predicted molar refractivity (Wildman–Crippen MR) is 179 cm³/mol. The smallest absolute Gasteiger partial charge is 0.392 e. The first kappa shape index (κ1) is 35.6. The molecular formula is C36H38F3N5O5S. The van der Waals surface area contributed by atoms with Crippen LogP contribution in [0.2, 0.25) is 0 Å². The third kappa shape index (κ3) is 7.88. The summed E-state index contributed by atoms with van der Waals surface area (Å²) in [5.74, 6) is -1.98. The van der Waals surface area contributed by atoms with Crippen molar-refractivity contribution in [1.29, 1.82) is 0 Å². The van der Waals surface area contributed by atoms with Crippen LogP contribution in [-0.4, -0.2) is 67.2 Å². The number of aliphatic hydroxyl groups excluding tert-OH is 1. The largest absolute Gasteiger partial charge is 0.471 e. The molecule has 1 aromatic heterocycles. The molecule has 0 unspecified atom stereocenters. The number of aliphatic hydroxyl groups is 1. The van der Waals surface area contributed by atoms with E-state index < -0.39 is 30.3 Å². The number of aromatic nitrogens is 3. The van der Waals surface area contributed by atoms with Crippen molar-refractivity contribution in [3.8, 4) is 11.1 Å². The monoisotopic (exact) mass is 709 g/mol. The number of likely N-dealkylation sites (tertiary alicyclic amines) is 1. The van der Waals surface area contributed by atoms with Gasteiger partial charge in [-0.3, -0.25) is 9.59 Å². The lowest BCUT2D eigenvalue weighted by Crippen LogP contribution is -2.50. The van der Waals surface area contributed by atoms with E-state index in [-0.39, 0.29) is 44.2 Å². The van der Waals surface area contributed by atoms with Gasteiger partial charge in [-0.1, -0.05) is 91.5 Å². The highest BCUT2D eigenvalue weighted by atomic mass is 32.2. The van der Waals surface area contributed by atoms with E-state index in [0.29, 0.717) is 17.1 Å². The minimum atomic E-state index is -5.03. The summed E-state index contributed by atoms with van der Waals surface area (Å²) >= 11 is 1.56. The van der Waals surface area contributed by atoms with Crippen molar-refractivity contribution in [2.24, 2.45) is 13.0 Å². The van der Waals surface area contributed by atoms with Gasteiger partial charge in [0.2, 0.25) is 5.91 Å². The molecule has 10 nitrogen and oxygen atoms in total. The maximum atomic E-state index is 13.1. The third-order valence-corrected chi connectivity index (χ3v) is 10.3. The second-order valence-electron chi connectivity index (χ2n) is 12.5. The summed E-state index contributed by atoms with van der Waals surface area (Å²) in [6.07, 6.45) is -4.01. The Bertz CT molecular complexity index is 1790. The molecule has 2 fully saturated rings. The first-order valence-electron chi connectivity index (χ1n) is 16.3. The summed E-state index contributed by atoms with van der Waals surface area (Å²) in [5, 5.41) is 21.2. The molecule has 0 spiro atoms. The van der Waals surface area contributed by atoms with Crippen molar-refractivity contribution in [3.05, 3.63) is 101 Å². The van der Waals surface area contributed by atoms with Crippen molar-refractivity contribution < 1.29 is 37.3 Å². The summed E-state index contributed by atoms with van der Waals surface area (Å²) in [4.78, 5) is 25.4. The van der Waals surface area contributed by atoms with Gasteiger partial charge in [-0.2, -0.15) is 13.2 Å². The van der Waals surface area contributed by atoms with Crippen LogP contribution < -0.4 is 5.32 Å². The molecule has 4 aromatic rings. The average Bonchev–Trinajstić information content (AvgIpc) is 3.79. The van der Waals surface area contributed by atoms with Crippen LogP contribution >= 0.6 is 11.8 Å². The van der Waals surface area contributed by atoms with Gasteiger partial charge in [0.15, 0.2) is 11.4 Å². The maximum Gasteiger partial charge on any atom is 0.471 e. The van der Waals surface area contributed by atoms with Crippen LogP contribution in [0.5, 0.6) is 0 Å². The topological polar surface area (TPSA) is 119 Å². The molecule has 0 saturated carbocycles. The van der Waals surface area contributed by atoms with E-state index in [1.807, 2.05) is 84.4 Å². The lowest BCUT2D eigenvalue weighted by Gasteiger charge is -2.41. The maximum absolute atomic E-state index is 13.1. The van der Waals surface area contributed by atoms with Gasteiger partial charge in [-0.15, -0.1) is 10.2 Å². The van der Waals surface area contributed by atoms with E-state index >= 15 is 0 Å². The van der Waals surface area contributed by atoms with Gasteiger partial charge in [0.05, 0.1) is 18.8 Å². The molecule has 0 aliphatic carbocycles. The van der Waals surface area contributed by atoms with Crippen molar-refractivity contribution in [3.63, 3.8) is 0 Å². The van der Waals surface area contributed by atoms with Gasteiger partial charge >= 0.3 is 12.1 Å². The Balaban J connectivity index is 1.18. The first-order chi connectivity index (χ1) is 24.0. The minimum absolute atomic E-state index is 0.00351. The minimum Gasteiger partial charge on any atom is -0.392 e. The molecule has 2 N–H and O–H groups in total. The van der Waals surface area contributed by atoms with Crippen LogP contribution in [-0.2, 0) is 39.3 Å². The molecule has 264 valence electrons. The van der Waals surface area contributed by atoms with Gasteiger partial charge in [-0.25, -0.2) is 0 Å². The summed E-state index contributed by atoms with van der Waals surface area (Å²) in [5.41, 5.74) is 5.08. The van der Waals surface area contributed by atoms with Crippen LogP contribution in [0, 0.1) is 5.92 Å². The number of carbonyl (C=O) groups is 2. The molecule has 5 atom stereocenters. The van der Waals surface area contributed by atoms with E-state index in [9.17, 15) is 27.9 Å². The van der Waals surface area contributed by atoms with E-state index in [2.05, 4.69) is 22.4 Å². The second kappa shape index (κ2) is 15.3. The second-order valence-corrected chi connectivity index (χ2v) is 13.5. The molecule has 2 saturated heterocycles. The Kier molecular flexibility index (Phi) is 10.9. The zero-order valence-electron chi connectivity index (χ0n) is 27.5. The van der Waals surface area contributed by atoms with E-state index in [4.69, 9.17) is 9.47 Å². The lowest BCUT2D eigenvalue weighted by atomic mass is 9.91. The van der Waals surface area contributed by atoms with E-state index in [1.54, 1.807) is 18.1 Å². The summed E-state index contributed by atoms with van der Waals surface area (Å²) in [6, 6.07) is 21.8. The van der Waals surface area contributed by atoms with Gasteiger partial charge < -0.3 is 29.4 Å². The van der Waals surface area contributed by atoms with Gasteiger partial charge in [0.1, 0.15) is 12.4 Å². The number of aryl methyl sites for hydroxylation is 1. The van der Waals surface area contributed by atoms with Crippen molar-refractivity contribution in [2.45, 2.75) is 68.8 Å². The van der Waals surface area contributed by atoms with Gasteiger partial charge in [0.25, 0.3) is 0 Å². The molecule has 2 amide bonds. The first-order valence-corrected chi connectivity index (χ1v) is 17.3. The third-order valence-electron chi connectivity index (χ3n) is 9.19. The number of nitrogens with zero attached hydrogens (tertiary/aromatic N) is 4. The summed E-state index contributed by atoms with van der Waals surface area (Å²) in [6.45, 7) is 2.02. The number of carbonyl (C=O) groups excluding carboxylic acids is 2. The molecule has 0 bridgehead atoms. The Morgan fingerprint density at radius 1 is 1.02 bits per heavy atom. The van der Waals surface area contributed by atoms with Crippen molar-refractivity contribution >= 4 is 23.6 Å². The quantitative estimate of drug-likeness (QED) is 0.201. The van der Waals surface area contributed by atoms with Crippen LogP contribution in [0.4, 0.5) is 13.2 Å². The Hall–Kier alpha value is -4.24. The van der Waals surface area contributed by atoms with Crippen molar-refractivity contribution in [2.75, 3.05) is 12.3 Å². The molecule has 2 aliphatic heterocycles. The molecule has 3 heterocycles. The Labute approximate surface area is 292 Å². The highest BCUT2D eigenvalue weighted by Crippen LogP contribution is 2.43. The highest BCUT2D eigenvalue weighted by Gasteiger charge is 2.47. The molecule has 50 heavy (non-hydrogen) atoms. The van der Waals surface area contributed by atoms with Crippen LogP contribution in [0.1, 0.15) is 54.4 Å². The Morgan fingerprint density at radius 3 is 2.42 bits per heavy atom. The highest BCUT2D eigenvalue weighted by molar-refractivity contribution is 7.99. The van der Waals surface area contributed by atoms with Crippen LogP contribution in [0.3, 0.4) is 0 Å². The number of thioether (sulfide) groups is 1. The number of hydrogen-bond acceptors (Lipinski definition) is 8. The fourth-order valence-corrected chi connectivity index (χ4v) is 7.44. The number of halogens is 3. The van der Waals surface area contributed by atoms with Crippen LogP contribution in [0.25, 0.3) is 11.1 Å². The standard InChI is InChI=1S/C36H38F3N5O5S/c1-22-30(20-50-35-42-41-21-43(35)2)48-33(49-31(22)25-11-9-23(19-45)10-12-25)26-15-13-24(14-16-26)28-7-4-3-6-27(28)18-40-32(46)29-8-5-17-44(29)34(47)36(37,38)39/h3-4,6-7,9-16,21-22,29-31,33,45H,5,8,17-20H2,1-2H3,(H,40,46)/t22-,29-,30+,31+,33+/m0/s1. The molecule has 14 heteroatoms. The van der Waals surface area contributed by atoms with Crippen molar-refractivity contribution in [1.82, 2.24) is 25.0 Å². The number of nitrogens with one attached hydrogen (secondary N) is 1. The Morgan fingerprint density at radius 2 is 1.74 bits per heavy atom. The van der Waals surface area contributed by atoms with E-state index in [0.717, 1.165) is 38.5 Å². The lowest BCUT2D eigenvalue weighted by molar-refractivity contribution is -0.268. The number of rotatable bonds is 10. The fraction of sp³-hybridized carbons (Fsp3) is 0.389. The summed E-state index contributed by atoms with van der Waals surface area (Å²) < 4.78 is 54.3. The zero-order chi connectivity index (χ0) is 35.4. The normalized spacial score (nSPS) is 22.4. The average molecular weight is 710 g/mol. The number of ether oxygens (including phenoxy) is 2. The summed E-state index contributed by atoms with van der Waals surface area (Å²) in [7, 11) is 1.89. The molecule has 2 aliphatic rings. The number of benzene rings is 3. The molecular weight excluding hydrogens is 671 g/mol. The van der Waals surface area contributed by atoms with Gasteiger partial charge in [-0.05, 0) is 40.7 Å². The molecule has 3 aromatic carbocycles.